The normalized spacial score (nSPS) is 19.4. The molecule has 2 aromatic carbocycles. The van der Waals surface area contributed by atoms with Crippen LogP contribution in [0.15, 0.2) is 42.5 Å². The second kappa shape index (κ2) is 10.4. The number of benzene rings is 2. The van der Waals surface area contributed by atoms with Crippen molar-refractivity contribution in [1.82, 2.24) is 14.7 Å². The predicted molar refractivity (Wildman–Crippen MR) is 137 cm³/mol. The molecule has 0 aromatic heterocycles. The first-order valence-corrected chi connectivity index (χ1v) is 12.9. The molecule has 0 saturated carbocycles. The number of carbonyl (C=O) groups excluding carboxylic acids is 2. The average molecular weight is 477 g/mol. The molecule has 7 nitrogen and oxygen atoms in total. The third-order valence-corrected chi connectivity index (χ3v) is 7.67. The van der Waals surface area contributed by atoms with Crippen LogP contribution < -0.4 is 4.90 Å². The summed E-state index contributed by atoms with van der Waals surface area (Å²) in [6.07, 6.45) is 1.79. The molecule has 0 radical (unpaired) electrons. The van der Waals surface area contributed by atoms with E-state index in [1.807, 2.05) is 24.0 Å². The van der Waals surface area contributed by atoms with Crippen LogP contribution in [0.4, 0.5) is 5.69 Å². The van der Waals surface area contributed by atoms with Crippen molar-refractivity contribution in [2.45, 2.75) is 38.8 Å². The van der Waals surface area contributed by atoms with Gasteiger partial charge < -0.3 is 19.8 Å². The summed E-state index contributed by atoms with van der Waals surface area (Å²) >= 11 is 0. The van der Waals surface area contributed by atoms with Gasteiger partial charge in [0, 0.05) is 76.6 Å². The molecule has 1 N–H and O–H groups in total. The molecule has 1 fully saturated rings. The third kappa shape index (κ3) is 5.21. The maximum Gasteiger partial charge on any atom is 0.254 e. The van der Waals surface area contributed by atoms with Gasteiger partial charge in [-0.2, -0.15) is 0 Å². The van der Waals surface area contributed by atoms with E-state index in [-0.39, 0.29) is 11.8 Å². The highest BCUT2D eigenvalue weighted by Crippen LogP contribution is 2.26. The first kappa shape index (κ1) is 23.8. The van der Waals surface area contributed by atoms with Crippen LogP contribution in [0.1, 0.15) is 40.4 Å². The Kier molecular flexibility index (Phi) is 7.07. The van der Waals surface area contributed by atoms with E-state index in [4.69, 9.17) is 0 Å². The highest BCUT2D eigenvalue weighted by molar-refractivity contribution is 5.97. The summed E-state index contributed by atoms with van der Waals surface area (Å²) in [6, 6.07) is 14.6. The van der Waals surface area contributed by atoms with Gasteiger partial charge in [0.2, 0.25) is 5.91 Å². The van der Waals surface area contributed by atoms with Gasteiger partial charge in [-0.25, -0.2) is 0 Å². The van der Waals surface area contributed by atoms with Crippen molar-refractivity contribution >= 4 is 17.5 Å². The van der Waals surface area contributed by atoms with Crippen molar-refractivity contribution in [3.8, 4) is 0 Å². The maximum absolute atomic E-state index is 13.2. The number of hydrogen-bond donors (Lipinski definition) is 1. The third-order valence-electron chi connectivity index (χ3n) is 7.67. The molecule has 0 spiro atoms. The van der Waals surface area contributed by atoms with Crippen LogP contribution in [0.3, 0.4) is 0 Å². The molecule has 3 heterocycles. The van der Waals surface area contributed by atoms with Gasteiger partial charge in [-0.3, -0.25) is 14.5 Å². The Morgan fingerprint density at radius 3 is 2.43 bits per heavy atom. The van der Waals surface area contributed by atoms with E-state index in [9.17, 15) is 14.7 Å². The van der Waals surface area contributed by atoms with Crippen LogP contribution in [0.25, 0.3) is 0 Å². The van der Waals surface area contributed by atoms with Gasteiger partial charge in [0.15, 0.2) is 0 Å². The summed E-state index contributed by atoms with van der Waals surface area (Å²) in [6.45, 7) is 8.41. The minimum absolute atomic E-state index is 0.0131. The Balaban J connectivity index is 1.16. The number of piperazine rings is 1. The minimum Gasteiger partial charge on any atom is -0.390 e. The molecule has 0 bridgehead atoms. The number of β-amino-alcohol motifs (C(OH)–C–C–N with tert-alkyl or cyclic N) is 1. The van der Waals surface area contributed by atoms with Gasteiger partial charge in [0.1, 0.15) is 0 Å². The number of carbonyl (C=O) groups is 2. The lowest BCUT2D eigenvalue weighted by Crippen LogP contribution is -2.48. The second-order valence-corrected chi connectivity index (χ2v) is 9.97. The van der Waals surface area contributed by atoms with Gasteiger partial charge in [-0.05, 0) is 47.7 Å². The van der Waals surface area contributed by atoms with E-state index in [2.05, 4.69) is 40.1 Å². The molecule has 7 heteroatoms. The molecule has 1 saturated heterocycles. The molecule has 1 atom stereocenters. The average Bonchev–Trinajstić information content (AvgIpc) is 2.89. The lowest BCUT2D eigenvalue weighted by atomic mass is 9.97. The van der Waals surface area contributed by atoms with Gasteiger partial charge in [0.25, 0.3) is 5.91 Å². The number of rotatable bonds is 6. The topological polar surface area (TPSA) is 67.3 Å². The fourth-order valence-electron chi connectivity index (χ4n) is 5.65. The van der Waals surface area contributed by atoms with E-state index in [0.717, 1.165) is 68.9 Å². The number of nitrogens with zero attached hydrogens (tertiary/aromatic N) is 4. The van der Waals surface area contributed by atoms with Gasteiger partial charge in [0.05, 0.1) is 6.10 Å². The van der Waals surface area contributed by atoms with Gasteiger partial charge in [-0.1, -0.05) is 31.2 Å². The Labute approximate surface area is 207 Å². The number of hydrogen-bond acceptors (Lipinski definition) is 5. The standard InChI is InChI=1S/C28H36N4O3/c1-2-27(34)31-15-13-30(14-16-31)24-7-8-26-22(17-24)10-12-32(28(26)35)20-25(33)19-29-11-9-21-5-3-4-6-23(21)18-29/h3-8,17,25,33H,2,9-16,18-20H2,1H3. The van der Waals surface area contributed by atoms with Crippen LogP contribution >= 0.6 is 0 Å². The van der Waals surface area contributed by atoms with Crippen LogP contribution in [0.2, 0.25) is 0 Å². The number of aliphatic hydroxyl groups is 1. The van der Waals surface area contributed by atoms with Crippen molar-refractivity contribution in [2.75, 3.05) is 57.3 Å². The highest BCUT2D eigenvalue weighted by atomic mass is 16.3. The maximum atomic E-state index is 13.2. The predicted octanol–water partition coefficient (Wildman–Crippen LogP) is 2.16. The Bertz CT molecular complexity index is 1080. The summed E-state index contributed by atoms with van der Waals surface area (Å²) in [5.41, 5.74) is 5.69. The highest BCUT2D eigenvalue weighted by Gasteiger charge is 2.28. The molecule has 0 aliphatic carbocycles. The summed E-state index contributed by atoms with van der Waals surface area (Å²) in [5, 5.41) is 10.8. The van der Waals surface area contributed by atoms with Crippen molar-refractivity contribution in [1.29, 1.82) is 0 Å². The first-order chi connectivity index (χ1) is 17.0. The summed E-state index contributed by atoms with van der Waals surface area (Å²) in [7, 11) is 0. The largest absolute Gasteiger partial charge is 0.390 e. The first-order valence-electron chi connectivity index (χ1n) is 12.9. The van der Waals surface area contributed by atoms with Crippen molar-refractivity contribution < 1.29 is 14.7 Å². The fraction of sp³-hybridized carbons (Fsp3) is 0.500. The summed E-state index contributed by atoms with van der Waals surface area (Å²) in [5.74, 6) is 0.229. The van der Waals surface area contributed by atoms with Crippen molar-refractivity contribution in [3.05, 3.63) is 64.7 Å². The molecule has 5 rings (SSSR count). The molecule has 2 aromatic rings. The number of anilines is 1. The molecule has 35 heavy (non-hydrogen) atoms. The van der Waals surface area contributed by atoms with Gasteiger partial charge >= 0.3 is 0 Å². The monoisotopic (exact) mass is 476 g/mol. The summed E-state index contributed by atoms with van der Waals surface area (Å²) in [4.78, 5) is 33.5. The number of amides is 2. The Morgan fingerprint density at radius 2 is 1.66 bits per heavy atom. The second-order valence-electron chi connectivity index (χ2n) is 9.97. The zero-order valence-electron chi connectivity index (χ0n) is 20.7. The fourth-order valence-corrected chi connectivity index (χ4v) is 5.65. The quantitative estimate of drug-likeness (QED) is 0.692. The molecule has 3 aliphatic heterocycles. The van der Waals surface area contributed by atoms with Crippen LogP contribution in [-0.4, -0.2) is 90.1 Å². The molecular weight excluding hydrogens is 440 g/mol. The molecule has 2 amide bonds. The van der Waals surface area contributed by atoms with Crippen LogP contribution in [0, 0.1) is 0 Å². The molecule has 186 valence electrons. The summed E-state index contributed by atoms with van der Waals surface area (Å²) < 4.78 is 0. The molecule has 3 aliphatic rings. The van der Waals surface area contributed by atoms with Gasteiger partial charge in [-0.15, -0.1) is 0 Å². The smallest absolute Gasteiger partial charge is 0.254 e. The van der Waals surface area contributed by atoms with E-state index in [1.54, 1.807) is 4.90 Å². The zero-order valence-corrected chi connectivity index (χ0v) is 20.7. The number of fused-ring (bicyclic) bond motifs is 2. The Hall–Kier alpha value is -2.90. The van der Waals surface area contributed by atoms with E-state index < -0.39 is 6.10 Å². The van der Waals surface area contributed by atoms with Crippen LogP contribution in [0.5, 0.6) is 0 Å². The number of aliphatic hydroxyl groups excluding tert-OH is 1. The SMILES string of the molecule is CCC(=O)N1CCN(c2ccc3c(c2)CCN(CC(O)CN2CCc4ccccc4C2)C3=O)CC1. The van der Waals surface area contributed by atoms with E-state index >= 15 is 0 Å². The minimum atomic E-state index is -0.563. The Morgan fingerprint density at radius 1 is 0.914 bits per heavy atom. The molecule has 1 unspecified atom stereocenters. The lowest BCUT2D eigenvalue weighted by molar-refractivity contribution is -0.131. The molecular formula is C28H36N4O3. The van der Waals surface area contributed by atoms with Crippen molar-refractivity contribution in [3.63, 3.8) is 0 Å². The van der Waals surface area contributed by atoms with Crippen molar-refractivity contribution in [2.24, 2.45) is 0 Å². The van der Waals surface area contributed by atoms with E-state index in [1.165, 1.54) is 11.1 Å². The lowest BCUT2D eigenvalue weighted by Gasteiger charge is -2.37. The van der Waals surface area contributed by atoms with E-state index in [0.29, 0.717) is 26.1 Å². The van der Waals surface area contributed by atoms with Crippen LogP contribution in [-0.2, 0) is 24.2 Å². The zero-order chi connectivity index (χ0) is 24.4.